The van der Waals surface area contributed by atoms with E-state index in [2.05, 4.69) is 36.1 Å². The van der Waals surface area contributed by atoms with E-state index >= 15 is 0 Å². The number of aromatic nitrogens is 2. The number of nitrogens with one attached hydrogen (secondary N) is 1. The molecule has 3 nitrogen and oxygen atoms in total. The molecule has 0 aliphatic heterocycles. The average molecular weight is 239 g/mol. The molecule has 0 aliphatic rings. The molecule has 1 aromatic rings. The standard InChI is InChI=1S/C12H21N3S/c1-5-10-6-11(13-4)15-12(14-10)8-16-7-9(2)3/h6,9H,5,7-8H2,1-4H3,(H,13,14,15). The maximum atomic E-state index is 4.52. The van der Waals surface area contributed by atoms with Crippen LogP contribution in [-0.4, -0.2) is 22.8 Å². The Bertz CT molecular complexity index is 304. The zero-order chi connectivity index (χ0) is 12.0. The van der Waals surface area contributed by atoms with Crippen molar-refractivity contribution in [2.75, 3.05) is 18.1 Å². The van der Waals surface area contributed by atoms with Crippen LogP contribution >= 0.6 is 11.8 Å². The Labute approximate surface area is 102 Å². The topological polar surface area (TPSA) is 37.8 Å². The maximum Gasteiger partial charge on any atom is 0.140 e. The van der Waals surface area contributed by atoms with E-state index in [1.165, 1.54) is 0 Å². The first kappa shape index (κ1) is 13.3. The first-order valence-corrected chi connectivity index (χ1v) is 6.93. The number of nitrogens with zero attached hydrogens (tertiary/aromatic N) is 2. The molecule has 1 heterocycles. The van der Waals surface area contributed by atoms with Gasteiger partial charge < -0.3 is 5.32 Å². The number of anilines is 1. The van der Waals surface area contributed by atoms with E-state index in [9.17, 15) is 0 Å². The first-order valence-electron chi connectivity index (χ1n) is 5.78. The molecule has 0 spiro atoms. The average Bonchev–Trinajstić information content (AvgIpc) is 2.28. The van der Waals surface area contributed by atoms with Crippen molar-refractivity contribution in [3.8, 4) is 0 Å². The fraction of sp³-hybridized carbons (Fsp3) is 0.667. The van der Waals surface area contributed by atoms with Crippen molar-refractivity contribution in [2.45, 2.75) is 32.9 Å². The van der Waals surface area contributed by atoms with Crippen LogP contribution in [0.4, 0.5) is 5.82 Å². The van der Waals surface area contributed by atoms with Crippen LogP contribution in [0.25, 0.3) is 0 Å². The summed E-state index contributed by atoms with van der Waals surface area (Å²) >= 11 is 1.90. The molecule has 1 N–H and O–H groups in total. The van der Waals surface area contributed by atoms with E-state index in [4.69, 9.17) is 0 Å². The van der Waals surface area contributed by atoms with Crippen molar-refractivity contribution in [1.29, 1.82) is 0 Å². The van der Waals surface area contributed by atoms with E-state index in [0.29, 0.717) is 0 Å². The lowest BCUT2D eigenvalue weighted by molar-refractivity contribution is 0.749. The summed E-state index contributed by atoms with van der Waals surface area (Å²) in [5.74, 6) is 4.65. The third kappa shape index (κ3) is 4.39. The fourth-order valence-electron chi connectivity index (χ4n) is 1.31. The molecule has 0 saturated carbocycles. The summed E-state index contributed by atoms with van der Waals surface area (Å²) in [4.78, 5) is 8.98. The Morgan fingerprint density at radius 2 is 2.12 bits per heavy atom. The van der Waals surface area contributed by atoms with Gasteiger partial charge in [-0.25, -0.2) is 9.97 Å². The lowest BCUT2D eigenvalue weighted by atomic mass is 10.3. The van der Waals surface area contributed by atoms with Crippen molar-refractivity contribution in [2.24, 2.45) is 5.92 Å². The van der Waals surface area contributed by atoms with Crippen molar-refractivity contribution in [3.05, 3.63) is 17.6 Å². The highest BCUT2D eigenvalue weighted by atomic mass is 32.2. The fourth-order valence-corrected chi connectivity index (χ4v) is 2.21. The predicted octanol–water partition coefficient (Wildman–Crippen LogP) is 2.97. The second kappa shape index (κ2) is 6.74. The van der Waals surface area contributed by atoms with Crippen molar-refractivity contribution in [1.82, 2.24) is 9.97 Å². The van der Waals surface area contributed by atoms with Gasteiger partial charge in [0.1, 0.15) is 11.6 Å². The molecule has 0 aromatic carbocycles. The molecule has 0 atom stereocenters. The van der Waals surface area contributed by atoms with Crippen LogP contribution in [-0.2, 0) is 12.2 Å². The smallest absolute Gasteiger partial charge is 0.140 e. The molecule has 4 heteroatoms. The monoisotopic (exact) mass is 239 g/mol. The number of rotatable bonds is 6. The molecule has 16 heavy (non-hydrogen) atoms. The summed E-state index contributed by atoms with van der Waals surface area (Å²) in [6.07, 6.45) is 0.957. The van der Waals surface area contributed by atoms with Gasteiger partial charge in [0.25, 0.3) is 0 Å². The number of thioether (sulfide) groups is 1. The Balaban J connectivity index is 2.64. The van der Waals surface area contributed by atoms with Gasteiger partial charge in [0.15, 0.2) is 0 Å². The van der Waals surface area contributed by atoms with Crippen LogP contribution in [0.2, 0.25) is 0 Å². The molecular weight excluding hydrogens is 218 g/mol. The van der Waals surface area contributed by atoms with E-state index < -0.39 is 0 Å². The van der Waals surface area contributed by atoms with Gasteiger partial charge in [-0.1, -0.05) is 20.8 Å². The van der Waals surface area contributed by atoms with E-state index in [1.807, 2.05) is 24.9 Å². The Morgan fingerprint density at radius 3 is 2.69 bits per heavy atom. The Hall–Kier alpha value is -0.770. The normalized spacial score (nSPS) is 10.8. The van der Waals surface area contributed by atoms with Gasteiger partial charge >= 0.3 is 0 Å². The highest BCUT2D eigenvalue weighted by Crippen LogP contribution is 2.15. The summed E-state index contributed by atoms with van der Waals surface area (Å²) in [6.45, 7) is 6.58. The van der Waals surface area contributed by atoms with E-state index in [0.717, 1.165) is 41.2 Å². The van der Waals surface area contributed by atoms with Gasteiger partial charge in [0.05, 0.1) is 5.75 Å². The molecule has 1 aromatic heterocycles. The summed E-state index contributed by atoms with van der Waals surface area (Å²) < 4.78 is 0. The quantitative estimate of drug-likeness (QED) is 0.828. The molecular formula is C12H21N3S. The van der Waals surface area contributed by atoms with Gasteiger partial charge in [-0.3, -0.25) is 0 Å². The lowest BCUT2D eigenvalue weighted by Gasteiger charge is -2.07. The van der Waals surface area contributed by atoms with Crippen LogP contribution in [0.1, 0.15) is 32.3 Å². The van der Waals surface area contributed by atoms with Gasteiger partial charge in [0, 0.05) is 18.8 Å². The third-order valence-corrected chi connectivity index (χ3v) is 3.49. The van der Waals surface area contributed by atoms with Gasteiger partial charge in [-0.2, -0.15) is 11.8 Å². The Morgan fingerprint density at radius 1 is 1.38 bits per heavy atom. The first-order chi connectivity index (χ1) is 7.65. The minimum Gasteiger partial charge on any atom is -0.373 e. The van der Waals surface area contributed by atoms with Crippen LogP contribution in [0.5, 0.6) is 0 Å². The number of hydrogen-bond donors (Lipinski definition) is 1. The molecule has 0 unspecified atom stereocenters. The largest absolute Gasteiger partial charge is 0.373 e. The molecule has 0 radical (unpaired) electrons. The van der Waals surface area contributed by atoms with Crippen molar-refractivity contribution < 1.29 is 0 Å². The summed E-state index contributed by atoms with van der Waals surface area (Å²) in [6, 6.07) is 2.01. The highest BCUT2D eigenvalue weighted by Gasteiger charge is 2.03. The maximum absolute atomic E-state index is 4.52. The Kier molecular flexibility index (Phi) is 5.60. The van der Waals surface area contributed by atoms with Gasteiger partial charge in [0.2, 0.25) is 0 Å². The summed E-state index contributed by atoms with van der Waals surface area (Å²) in [5.41, 5.74) is 1.11. The molecule has 0 saturated heterocycles. The second-order valence-corrected chi connectivity index (χ2v) is 5.20. The lowest BCUT2D eigenvalue weighted by Crippen LogP contribution is -2.03. The SMILES string of the molecule is CCc1cc(NC)nc(CSCC(C)C)n1. The van der Waals surface area contributed by atoms with Crippen LogP contribution < -0.4 is 5.32 Å². The molecule has 0 aliphatic carbocycles. The van der Waals surface area contributed by atoms with Gasteiger partial charge in [-0.05, 0) is 18.1 Å². The summed E-state index contributed by atoms with van der Waals surface area (Å²) in [5, 5.41) is 3.08. The number of hydrogen-bond acceptors (Lipinski definition) is 4. The molecule has 0 fully saturated rings. The van der Waals surface area contributed by atoms with Crippen LogP contribution in [0, 0.1) is 5.92 Å². The predicted molar refractivity (Wildman–Crippen MR) is 72.0 cm³/mol. The summed E-state index contributed by atoms with van der Waals surface area (Å²) in [7, 11) is 1.90. The molecule has 1 rings (SSSR count). The number of aryl methyl sites for hydroxylation is 1. The van der Waals surface area contributed by atoms with Gasteiger partial charge in [-0.15, -0.1) is 0 Å². The van der Waals surface area contributed by atoms with Crippen LogP contribution in [0.3, 0.4) is 0 Å². The molecule has 90 valence electrons. The molecule has 0 amide bonds. The van der Waals surface area contributed by atoms with E-state index in [1.54, 1.807) is 0 Å². The van der Waals surface area contributed by atoms with Crippen molar-refractivity contribution >= 4 is 17.6 Å². The third-order valence-electron chi connectivity index (χ3n) is 2.13. The zero-order valence-electron chi connectivity index (χ0n) is 10.6. The van der Waals surface area contributed by atoms with Crippen molar-refractivity contribution in [3.63, 3.8) is 0 Å². The van der Waals surface area contributed by atoms with Crippen LogP contribution in [0.15, 0.2) is 6.07 Å². The highest BCUT2D eigenvalue weighted by molar-refractivity contribution is 7.98. The zero-order valence-corrected chi connectivity index (χ0v) is 11.4. The second-order valence-electron chi connectivity index (χ2n) is 4.17. The minimum atomic E-state index is 0.725. The van der Waals surface area contributed by atoms with E-state index in [-0.39, 0.29) is 0 Å². The minimum absolute atomic E-state index is 0.725. The molecule has 0 bridgehead atoms.